The molecule has 0 fully saturated rings. The molecule has 3 rings (SSSR count). The molecule has 0 saturated carbocycles. The molecule has 0 spiro atoms. The summed E-state index contributed by atoms with van der Waals surface area (Å²) in [5.74, 6) is 1.40. The molecule has 1 heterocycles. The summed E-state index contributed by atoms with van der Waals surface area (Å²) in [6.45, 7) is 0. The van der Waals surface area contributed by atoms with Crippen LogP contribution in [0.1, 0.15) is 5.56 Å². The monoisotopic (exact) mass is 258 g/mol. The van der Waals surface area contributed by atoms with Gasteiger partial charge < -0.3 is 0 Å². The predicted molar refractivity (Wildman–Crippen MR) is 78.7 cm³/mol. The molecular formula is C18H12NO+. The van der Waals surface area contributed by atoms with Crippen LogP contribution in [-0.2, 0) is 0 Å². The number of nitriles is 1. The summed E-state index contributed by atoms with van der Waals surface area (Å²) in [5, 5.41) is 9.19. The van der Waals surface area contributed by atoms with Crippen LogP contribution in [0.25, 0.3) is 22.6 Å². The lowest BCUT2D eigenvalue weighted by Crippen LogP contribution is -1.85. The third-order valence-corrected chi connectivity index (χ3v) is 3.04. The van der Waals surface area contributed by atoms with E-state index in [0.29, 0.717) is 17.1 Å². The molecule has 3 aromatic rings. The molecule has 0 aliphatic heterocycles. The summed E-state index contributed by atoms with van der Waals surface area (Å²) in [7, 11) is 0. The minimum atomic E-state index is 0.592. The van der Waals surface area contributed by atoms with Crippen molar-refractivity contribution in [1.82, 2.24) is 0 Å². The van der Waals surface area contributed by atoms with Crippen molar-refractivity contribution in [3.05, 3.63) is 78.4 Å². The van der Waals surface area contributed by atoms with Gasteiger partial charge in [0.05, 0.1) is 34.9 Å². The Hall–Kier alpha value is -2.92. The molecule has 0 amide bonds. The smallest absolute Gasteiger partial charge is 0.207 e. The van der Waals surface area contributed by atoms with Crippen LogP contribution in [0, 0.1) is 11.3 Å². The van der Waals surface area contributed by atoms with Gasteiger partial charge in [-0.25, -0.2) is 4.42 Å². The summed E-state index contributed by atoms with van der Waals surface area (Å²) in [5.41, 5.74) is 2.51. The van der Waals surface area contributed by atoms with E-state index in [0.717, 1.165) is 11.1 Å². The summed E-state index contributed by atoms with van der Waals surface area (Å²) in [6.07, 6.45) is 0. The van der Waals surface area contributed by atoms with Crippen LogP contribution in [0.5, 0.6) is 0 Å². The summed E-state index contributed by atoms with van der Waals surface area (Å²) in [4.78, 5) is 0. The molecule has 0 saturated heterocycles. The topological polar surface area (TPSA) is 35.1 Å². The fourth-order valence-electron chi connectivity index (χ4n) is 2.06. The standard InChI is InChI=1S/C18H12NO/c19-13-14-11-17(15-7-3-1-4-8-15)20-18(12-14)16-9-5-2-6-10-16/h1-12H/q+1. The lowest BCUT2D eigenvalue weighted by atomic mass is 10.1. The van der Waals surface area contributed by atoms with Gasteiger partial charge in [-0.3, -0.25) is 0 Å². The molecule has 20 heavy (non-hydrogen) atoms. The van der Waals surface area contributed by atoms with Crippen molar-refractivity contribution in [1.29, 1.82) is 5.26 Å². The van der Waals surface area contributed by atoms with Gasteiger partial charge in [-0.05, 0) is 24.3 Å². The third-order valence-electron chi connectivity index (χ3n) is 3.04. The first-order valence-electron chi connectivity index (χ1n) is 6.36. The van der Waals surface area contributed by atoms with E-state index in [1.807, 2.05) is 60.7 Å². The van der Waals surface area contributed by atoms with Gasteiger partial charge in [-0.15, -0.1) is 0 Å². The Morgan fingerprint density at radius 2 is 1.15 bits per heavy atom. The number of nitrogens with zero attached hydrogens (tertiary/aromatic N) is 1. The van der Waals surface area contributed by atoms with E-state index in [-0.39, 0.29) is 0 Å². The SMILES string of the molecule is N#Cc1cc(-c2ccccc2)[o+]c(-c2ccccc2)c1. The van der Waals surface area contributed by atoms with Gasteiger partial charge >= 0.3 is 11.5 Å². The van der Waals surface area contributed by atoms with Crippen LogP contribution in [0.3, 0.4) is 0 Å². The molecule has 94 valence electrons. The van der Waals surface area contributed by atoms with Crippen molar-refractivity contribution in [2.24, 2.45) is 0 Å². The van der Waals surface area contributed by atoms with Crippen molar-refractivity contribution in [2.75, 3.05) is 0 Å². The van der Waals surface area contributed by atoms with Crippen LogP contribution in [0.15, 0.2) is 77.2 Å². The van der Waals surface area contributed by atoms with Crippen LogP contribution in [0.2, 0.25) is 0 Å². The van der Waals surface area contributed by atoms with Gasteiger partial charge in [0.1, 0.15) is 0 Å². The van der Waals surface area contributed by atoms with Crippen molar-refractivity contribution < 1.29 is 4.42 Å². The Balaban J connectivity index is 2.16. The van der Waals surface area contributed by atoms with Crippen molar-refractivity contribution in [3.8, 4) is 28.7 Å². The molecule has 0 unspecified atom stereocenters. The molecule has 2 nitrogen and oxygen atoms in total. The summed E-state index contributed by atoms with van der Waals surface area (Å²) in [6, 6.07) is 25.3. The second kappa shape index (κ2) is 5.38. The van der Waals surface area contributed by atoms with Gasteiger partial charge in [-0.2, -0.15) is 5.26 Å². The van der Waals surface area contributed by atoms with E-state index >= 15 is 0 Å². The van der Waals surface area contributed by atoms with Crippen molar-refractivity contribution in [3.63, 3.8) is 0 Å². The number of rotatable bonds is 2. The summed E-state index contributed by atoms with van der Waals surface area (Å²) < 4.78 is 5.94. The first kappa shape index (κ1) is 12.1. The van der Waals surface area contributed by atoms with Crippen molar-refractivity contribution in [2.45, 2.75) is 0 Å². The fraction of sp³-hybridized carbons (Fsp3) is 0. The normalized spacial score (nSPS) is 9.95. The first-order chi connectivity index (χ1) is 9.86. The molecule has 0 aliphatic rings. The van der Waals surface area contributed by atoms with E-state index in [9.17, 15) is 5.26 Å². The average Bonchev–Trinajstić information content (AvgIpc) is 2.56. The Labute approximate surface area is 117 Å². The van der Waals surface area contributed by atoms with E-state index in [1.54, 1.807) is 12.1 Å². The van der Waals surface area contributed by atoms with E-state index in [1.165, 1.54) is 0 Å². The molecule has 0 atom stereocenters. The number of hydrogen-bond acceptors (Lipinski definition) is 1. The molecule has 0 radical (unpaired) electrons. The van der Waals surface area contributed by atoms with Crippen LogP contribution >= 0.6 is 0 Å². The van der Waals surface area contributed by atoms with E-state index < -0.39 is 0 Å². The highest BCUT2D eigenvalue weighted by Crippen LogP contribution is 2.27. The third kappa shape index (κ3) is 2.43. The summed E-state index contributed by atoms with van der Waals surface area (Å²) >= 11 is 0. The highest BCUT2D eigenvalue weighted by molar-refractivity contribution is 5.65. The first-order valence-corrected chi connectivity index (χ1v) is 6.36. The second-order valence-corrected chi connectivity index (χ2v) is 4.42. The second-order valence-electron chi connectivity index (χ2n) is 4.42. The molecule has 0 bridgehead atoms. The molecule has 2 aromatic carbocycles. The highest BCUT2D eigenvalue weighted by Gasteiger charge is 2.19. The minimum Gasteiger partial charge on any atom is -0.207 e. The maximum atomic E-state index is 9.19. The van der Waals surface area contributed by atoms with Gasteiger partial charge in [0.15, 0.2) is 0 Å². The zero-order valence-corrected chi connectivity index (χ0v) is 10.8. The molecule has 2 heteroatoms. The van der Waals surface area contributed by atoms with E-state index in [4.69, 9.17) is 4.42 Å². The maximum Gasteiger partial charge on any atom is 0.362 e. The average molecular weight is 258 g/mol. The molecule has 1 aromatic heterocycles. The largest absolute Gasteiger partial charge is 0.362 e. The van der Waals surface area contributed by atoms with Crippen LogP contribution < -0.4 is 0 Å². The Kier molecular flexibility index (Phi) is 3.26. The molecular weight excluding hydrogens is 246 g/mol. The van der Waals surface area contributed by atoms with E-state index in [2.05, 4.69) is 6.07 Å². The Morgan fingerprint density at radius 1 is 0.700 bits per heavy atom. The maximum absolute atomic E-state index is 9.19. The Bertz CT molecular complexity index is 701. The zero-order chi connectivity index (χ0) is 13.8. The lowest BCUT2D eigenvalue weighted by Gasteiger charge is -1.95. The predicted octanol–water partition coefficient (Wildman–Crippen LogP) is 4.77. The Morgan fingerprint density at radius 3 is 1.55 bits per heavy atom. The van der Waals surface area contributed by atoms with Gasteiger partial charge in [0.25, 0.3) is 0 Å². The van der Waals surface area contributed by atoms with Gasteiger partial charge in [0, 0.05) is 0 Å². The zero-order valence-electron chi connectivity index (χ0n) is 10.8. The lowest BCUT2D eigenvalue weighted by molar-refractivity contribution is 0.581. The van der Waals surface area contributed by atoms with Crippen LogP contribution in [0.4, 0.5) is 0 Å². The molecule has 0 aliphatic carbocycles. The van der Waals surface area contributed by atoms with Gasteiger partial charge in [0.2, 0.25) is 0 Å². The number of hydrogen-bond donors (Lipinski definition) is 0. The van der Waals surface area contributed by atoms with Gasteiger partial charge in [-0.1, -0.05) is 36.4 Å². The van der Waals surface area contributed by atoms with Crippen molar-refractivity contribution >= 4 is 0 Å². The quantitative estimate of drug-likeness (QED) is 0.621. The molecule has 0 N–H and O–H groups in total. The highest BCUT2D eigenvalue weighted by atomic mass is 16.3. The van der Waals surface area contributed by atoms with Crippen LogP contribution in [-0.4, -0.2) is 0 Å². The number of benzene rings is 2. The minimum absolute atomic E-state index is 0.592. The fourth-order valence-corrected chi connectivity index (χ4v) is 2.06.